The van der Waals surface area contributed by atoms with Gasteiger partial charge in [0.05, 0.1) is 12.6 Å². The number of carbonyl (C=O) groups is 1. The maximum Gasteiger partial charge on any atom is 0.253 e. The second-order valence-electron chi connectivity index (χ2n) is 5.97. The molecule has 3 rings (SSSR count). The van der Waals surface area contributed by atoms with E-state index in [1.165, 1.54) is 4.90 Å². The van der Waals surface area contributed by atoms with Gasteiger partial charge in [0.1, 0.15) is 0 Å². The number of benzene rings is 1. The highest BCUT2D eigenvalue weighted by Gasteiger charge is 2.50. The number of aliphatic hydroxyl groups excluding tert-OH is 1. The molecule has 1 aromatic rings. The molecule has 1 unspecified atom stereocenters. The Hall–Kier alpha value is -1.65. The lowest BCUT2D eigenvalue weighted by Crippen LogP contribution is -2.49. The first kappa shape index (κ1) is 14.3. The molecule has 0 spiro atoms. The van der Waals surface area contributed by atoms with Gasteiger partial charge >= 0.3 is 0 Å². The Bertz CT molecular complexity index is 577. The molecule has 1 aliphatic carbocycles. The fourth-order valence-corrected chi connectivity index (χ4v) is 3.61. The largest absolute Gasteiger partial charge is 0.394 e. The van der Waals surface area contributed by atoms with E-state index in [2.05, 4.69) is 0 Å². The van der Waals surface area contributed by atoms with E-state index in [1.807, 2.05) is 30.3 Å². The van der Waals surface area contributed by atoms with Gasteiger partial charge in [0.15, 0.2) is 5.72 Å². The van der Waals surface area contributed by atoms with Crippen molar-refractivity contribution in [1.29, 1.82) is 0 Å². The van der Waals surface area contributed by atoms with Gasteiger partial charge in [-0.2, -0.15) is 0 Å². The highest BCUT2D eigenvalue weighted by Crippen LogP contribution is 2.45. The van der Waals surface area contributed by atoms with Crippen molar-refractivity contribution in [2.24, 2.45) is 0 Å². The Morgan fingerprint density at radius 2 is 1.90 bits per heavy atom. The topological polar surface area (TPSA) is 60.8 Å². The average Bonchev–Trinajstić information content (AvgIpc) is 2.71. The molecule has 2 N–H and O–H groups in total. The Balaban J connectivity index is 2.01. The number of nitrogens with zero attached hydrogens (tertiary/aromatic N) is 1. The number of amides is 1. The zero-order chi connectivity index (χ0) is 15.0. The van der Waals surface area contributed by atoms with Gasteiger partial charge in [0.25, 0.3) is 5.91 Å². The quantitative estimate of drug-likeness (QED) is 0.895. The second-order valence-corrected chi connectivity index (χ2v) is 5.97. The summed E-state index contributed by atoms with van der Waals surface area (Å²) in [6.45, 7) is 1.47. The van der Waals surface area contributed by atoms with E-state index in [0.29, 0.717) is 0 Å². The van der Waals surface area contributed by atoms with Crippen LogP contribution in [-0.4, -0.2) is 33.4 Å². The molecule has 1 aliphatic heterocycles. The number of hydrogen-bond donors (Lipinski definition) is 2. The summed E-state index contributed by atoms with van der Waals surface area (Å²) in [7, 11) is 0. The Morgan fingerprint density at radius 3 is 2.52 bits per heavy atom. The van der Waals surface area contributed by atoms with Crippen molar-refractivity contribution in [3.8, 4) is 0 Å². The lowest BCUT2D eigenvalue weighted by atomic mass is 9.89. The predicted octanol–water partition coefficient (Wildman–Crippen LogP) is 2.14. The summed E-state index contributed by atoms with van der Waals surface area (Å²) in [5, 5.41) is 20.7. The fourth-order valence-electron chi connectivity index (χ4n) is 3.61. The minimum Gasteiger partial charge on any atom is -0.394 e. The van der Waals surface area contributed by atoms with Crippen LogP contribution in [0.5, 0.6) is 0 Å². The lowest BCUT2D eigenvalue weighted by Gasteiger charge is -2.38. The standard InChI is InChI=1S/C17H21NO3/c1-17(21)14-10-6-5-9-13(14)16(20)18(17)15(11-19)12-7-3-2-4-8-12/h2-4,7-8,15,19,21H,5-6,9-11H2,1H3/t15-,17?/m0/s1. The van der Waals surface area contributed by atoms with E-state index >= 15 is 0 Å². The first-order chi connectivity index (χ1) is 10.1. The van der Waals surface area contributed by atoms with Gasteiger partial charge in [0.2, 0.25) is 0 Å². The molecule has 1 amide bonds. The summed E-state index contributed by atoms with van der Waals surface area (Å²) >= 11 is 0. The SMILES string of the molecule is CC1(O)C2=C(CCCC2)C(=O)N1[C@@H](CO)c1ccccc1. The molecule has 0 fully saturated rings. The summed E-state index contributed by atoms with van der Waals surface area (Å²) in [6.07, 6.45) is 3.49. The number of carbonyl (C=O) groups excluding carboxylic acids is 1. The third kappa shape index (κ3) is 2.19. The maximum absolute atomic E-state index is 12.7. The first-order valence-corrected chi connectivity index (χ1v) is 7.51. The second kappa shape index (κ2) is 5.28. The molecule has 1 heterocycles. The smallest absolute Gasteiger partial charge is 0.253 e. The summed E-state index contributed by atoms with van der Waals surface area (Å²) in [4.78, 5) is 14.2. The van der Waals surface area contributed by atoms with E-state index in [9.17, 15) is 15.0 Å². The van der Waals surface area contributed by atoms with Crippen LogP contribution in [0.1, 0.15) is 44.2 Å². The van der Waals surface area contributed by atoms with Gasteiger partial charge in [-0.1, -0.05) is 30.3 Å². The molecule has 2 atom stereocenters. The Kier molecular flexibility index (Phi) is 3.59. The molecule has 4 nitrogen and oxygen atoms in total. The molecular weight excluding hydrogens is 266 g/mol. The van der Waals surface area contributed by atoms with Crippen LogP contribution in [-0.2, 0) is 4.79 Å². The van der Waals surface area contributed by atoms with Crippen molar-refractivity contribution in [3.05, 3.63) is 47.0 Å². The zero-order valence-electron chi connectivity index (χ0n) is 12.2. The molecule has 0 saturated heterocycles. The van der Waals surface area contributed by atoms with Gasteiger partial charge in [-0.3, -0.25) is 9.69 Å². The van der Waals surface area contributed by atoms with Crippen molar-refractivity contribution in [2.75, 3.05) is 6.61 Å². The van der Waals surface area contributed by atoms with E-state index in [4.69, 9.17) is 0 Å². The molecule has 0 bridgehead atoms. The van der Waals surface area contributed by atoms with Crippen molar-refractivity contribution < 1.29 is 15.0 Å². The van der Waals surface area contributed by atoms with Crippen LogP contribution in [0.2, 0.25) is 0 Å². The zero-order valence-corrected chi connectivity index (χ0v) is 12.2. The first-order valence-electron chi connectivity index (χ1n) is 7.51. The van der Waals surface area contributed by atoms with Crippen molar-refractivity contribution in [1.82, 2.24) is 4.90 Å². The van der Waals surface area contributed by atoms with E-state index < -0.39 is 11.8 Å². The molecule has 0 aromatic heterocycles. The Labute approximate surface area is 124 Å². The molecule has 112 valence electrons. The molecule has 0 radical (unpaired) electrons. The predicted molar refractivity (Wildman–Crippen MR) is 79.2 cm³/mol. The van der Waals surface area contributed by atoms with Crippen LogP contribution in [0.25, 0.3) is 0 Å². The normalized spacial score (nSPS) is 27.0. The highest BCUT2D eigenvalue weighted by atomic mass is 16.3. The molecular formula is C17H21NO3. The lowest BCUT2D eigenvalue weighted by molar-refractivity contribution is -0.149. The maximum atomic E-state index is 12.7. The number of hydrogen-bond acceptors (Lipinski definition) is 3. The van der Waals surface area contributed by atoms with Gasteiger partial charge < -0.3 is 10.2 Å². The Morgan fingerprint density at radius 1 is 1.24 bits per heavy atom. The highest BCUT2D eigenvalue weighted by molar-refractivity contribution is 5.98. The van der Waals surface area contributed by atoms with Gasteiger partial charge in [-0.15, -0.1) is 0 Å². The van der Waals surface area contributed by atoms with E-state index in [0.717, 1.165) is 42.4 Å². The summed E-state index contributed by atoms with van der Waals surface area (Å²) < 4.78 is 0. The minimum absolute atomic E-state index is 0.127. The summed E-state index contributed by atoms with van der Waals surface area (Å²) in [5.74, 6) is -0.127. The van der Waals surface area contributed by atoms with Crippen LogP contribution >= 0.6 is 0 Å². The molecule has 21 heavy (non-hydrogen) atoms. The molecule has 4 heteroatoms. The van der Waals surface area contributed by atoms with E-state index in [1.54, 1.807) is 6.92 Å². The third-order valence-electron chi connectivity index (χ3n) is 4.65. The van der Waals surface area contributed by atoms with Crippen molar-refractivity contribution in [2.45, 2.75) is 44.4 Å². The van der Waals surface area contributed by atoms with Crippen LogP contribution in [0.15, 0.2) is 41.5 Å². The molecule has 0 saturated carbocycles. The fraction of sp³-hybridized carbons (Fsp3) is 0.471. The van der Waals surface area contributed by atoms with Crippen molar-refractivity contribution in [3.63, 3.8) is 0 Å². The van der Waals surface area contributed by atoms with Gasteiger partial charge in [0, 0.05) is 5.57 Å². The van der Waals surface area contributed by atoms with Gasteiger partial charge in [-0.05, 0) is 43.7 Å². The van der Waals surface area contributed by atoms with Crippen LogP contribution in [0, 0.1) is 0 Å². The molecule has 2 aliphatic rings. The monoisotopic (exact) mass is 287 g/mol. The third-order valence-corrected chi connectivity index (χ3v) is 4.65. The van der Waals surface area contributed by atoms with Gasteiger partial charge in [-0.25, -0.2) is 0 Å². The number of aliphatic hydroxyl groups is 2. The molecule has 1 aromatic carbocycles. The summed E-state index contributed by atoms with van der Waals surface area (Å²) in [5.41, 5.74) is 1.14. The minimum atomic E-state index is -1.30. The van der Waals surface area contributed by atoms with E-state index in [-0.39, 0.29) is 12.5 Å². The van der Waals surface area contributed by atoms with Crippen LogP contribution in [0.3, 0.4) is 0 Å². The van der Waals surface area contributed by atoms with Crippen LogP contribution in [0.4, 0.5) is 0 Å². The van der Waals surface area contributed by atoms with Crippen molar-refractivity contribution >= 4 is 5.91 Å². The average molecular weight is 287 g/mol. The van der Waals surface area contributed by atoms with Crippen LogP contribution < -0.4 is 0 Å². The summed E-state index contributed by atoms with van der Waals surface area (Å²) in [6, 6.07) is 8.88. The number of rotatable bonds is 3.